The lowest BCUT2D eigenvalue weighted by atomic mass is 10.0. The van der Waals surface area contributed by atoms with Crippen molar-refractivity contribution in [2.24, 2.45) is 0 Å². The Hall–Kier alpha value is -2.86. The van der Waals surface area contributed by atoms with E-state index < -0.39 is 12.0 Å². The molecule has 6 nitrogen and oxygen atoms in total. The zero-order chi connectivity index (χ0) is 18.6. The molecular weight excluding hydrogens is 342 g/mol. The van der Waals surface area contributed by atoms with E-state index in [2.05, 4.69) is 39.8 Å². The third-order valence-electron chi connectivity index (χ3n) is 5.05. The summed E-state index contributed by atoms with van der Waals surface area (Å²) in [5.41, 5.74) is 1.90. The van der Waals surface area contributed by atoms with Gasteiger partial charge in [-0.3, -0.25) is 14.5 Å². The predicted octanol–water partition coefficient (Wildman–Crippen LogP) is 2.17. The molecule has 0 spiro atoms. The van der Waals surface area contributed by atoms with Crippen molar-refractivity contribution in [3.05, 3.63) is 60.2 Å². The Morgan fingerprint density at radius 1 is 1.07 bits per heavy atom. The van der Waals surface area contributed by atoms with Gasteiger partial charge in [0, 0.05) is 25.7 Å². The summed E-state index contributed by atoms with van der Waals surface area (Å²) in [4.78, 5) is 27.1. The molecule has 1 unspecified atom stereocenters. The number of piperidine rings is 1. The number of hydrogen-bond acceptors (Lipinski definition) is 4. The summed E-state index contributed by atoms with van der Waals surface area (Å²) < 4.78 is 5.61. The number of ether oxygens (including phenoxy) is 1. The highest BCUT2D eigenvalue weighted by molar-refractivity contribution is 6.11. The average molecular weight is 365 g/mol. The molecule has 2 aliphatic rings. The lowest BCUT2D eigenvalue weighted by Gasteiger charge is -2.33. The molecule has 6 heteroatoms. The molecule has 0 saturated carbocycles. The van der Waals surface area contributed by atoms with Gasteiger partial charge >= 0.3 is 0 Å². The maximum absolute atomic E-state index is 12.5. The second-order valence-corrected chi connectivity index (χ2v) is 7.03. The molecule has 2 aliphatic heterocycles. The summed E-state index contributed by atoms with van der Waals surface area (Å²) in [6.45, 7) is 2.76. The number of para-hydroxylation sites is 2. The van der Waals surface area contributed by atoms with Crippen LogP contribution in [0.3, 0.4) is 0 Å². The minimum atomic E-state index is -1.14. The molecule has 0 bridgehead atoms. The predicted molar refractivity (Wildman–Crippen MR) is 102 cm³/mol. The molecule has 2 aromatic carbocycles. The van der Waals surface area contributed by atoms with E-state index in [-0.39, 0.29) is 11.9 Å². The molecule has 1 saturated heterocycles. The first-order valence-corrected chi connectivity index (χ1v) is 9.32. The van der Waals surface area contributed by atoms with Crippen LogP contribution in [0.4, 0.5) is 5.69 Å². The second-order valence-electron chi connectivity index (χ2n) is 7.03. The molecule has 140 valence electrons. The van der Waals surface area contributed by atoms with Crippen molar-refractivity contribution in [3.63, 3.8) is 0 Å². The Morgan fingerprint density at radius 2 is 1.78 bits per heavy atom. The van der Waals surface area contributed by atoms with Crippen molar-refractivity contribution in [1.82, 2.24) is 10.2 Å². The number of rotatable bonds is 4. The van der Waals surface area contributed by atoms with Crippen LogP contribution in [0.1, 0.15) is 18.4 Å². The zero-order valence-corrected chi connectivity index (χ0v) is 15.1. The number of nitrogens with one attached hydrogen (secondary N) is 2. The topological polar surface area (TPSA) is 70.7 Å². The fraction of sp³-hybridized carbons (Fsp3) is 0.333. The van der Waals surface area contributed by atoms with Gasteiger partial charge < -0.3 is 15.4 Å². The van der Waals surface area contributed by atoms with E-state index >= 15 is 0 Å². The summed E-state index contributed by atoms with van der Waals surface area (Å²) in [5.74, 6) is -0.272. The van der Waals surface area contributed by atoms with Crippen molar-refractivity contribution in [2.75, 3.05) is 18.4 Å². The Labute approximate surface area is 158 Å². The highest BCUT2D eigenvalue weighted by Crippen LogP contribution is 2.28. The van der Waals surface area contributed by atoms with Crippen LogP contribution in [-0.2, 0) is 16.1 Å². The van der Waals surface area contributed by atoms with Crippen LogP contribution in [0.5, 0.6) is 5.75 Å². The number of carbonyl (C=O) groups excluding carboxylic acids is 2. The van der Waals surface area contributed by atoms with E-state index in [4.69, 9.17) is 4.74 Å². The van der Waals surface area contributed by atoms with Gasteiger partial charge in [0.2, 0.25) is 0 Å². The van der Waals surface area contributed by atoms with Gasteiger partial charge in [-0.1, -0.05) is 42.5 Å². The first-order valence-electron chi connectivity index (χ1n) is 9.32. The molecule has 0 aliphatic carbocycles. The number of anilines is 1. The van der Waals surface area contributed by atoms with E-state index in [1.54, 1.807) is 12.1 Å². The quantitative estimate of drug-likeness (QED) is 0.815. The first kappa shape index (κ1) is 17.5. The van der Waals surface area contributed by atoms with Gasteiger partial charge in [0.05, 0.1) is 5.69 Å². The van der Waals surface area contributed by atoms with Gasteiger partial charge in [-0.05, 0) is 30.5 Å². The summed E-state index contributed by atoms with van der Waals surface area (Å²) in [5, 5.41) is 5.71. The number of fused-ring (bicyclic) bond motifs is 1. The van der Waals surface area contributed by atoms with Crippen LogP contribution in [0.2, 0.25) is 0 Å². The van der Waals surface area contributed by atoms with Crippen LogP contribution < -0.4 is 15.4 Å². The minimum absolute atomic E-state index is 0.0677. The number of amides is 2. The van der Waals surface area contributed by atoms with Gasteiger partial charge in [0.25, 0.3) is 17.9 Å². The van der Waals surface area contributed by atoms with Crippen molar-refractivity contribution in [3.8, 4) is 5.75 Å². The Morgan fingerprint density at radius 3 is 2.56 bits per heavy atom. The second kappa shape index (κ2) is 7.80. The minimum Gasteiger partial charge on any atom is -0.468 e. The van der Waals surface area contributed by atoms with Crippen molar-refractivity contribution in [2.45, 2.75) is 31.5 Å². The van der Waals surface area contributed by atoms with Crippen LogP contribution >= 0.6 is 0 Å². The van der Waals surface area contributed by atoms with E-state index in [9.17, 15) is 9.59 Å². The molecule has 1 atom stereocenters. The number of likely N-dealkylation sites (tertiary alicyclic amines) is 1. The normalized spacial score (nSPS) is 20.3. The van der Waals surface area contributed by atoms with Gasteiger partial charge in [-0.2, -0.15) is 0 Å². The number of hydrogen-bond donors (Lipinski definition) is 2. The number of carbonyl (C=O) groups is 2. The first-order chi connectivity index (χ1) is 13.2. The van der Waals surface area contributed by atoms with E-state index in [0.29, 0.717) is 11.4 Å². The SMILES string of the molecule is O=C1Nc2ccccc2OC1C(=O)NC1CCN(Cc2ccccc2)CC1. The van der Waals surface area contributed by atoms with Crippen LogP contribution in [0.15, 0.2) is 54.6 Å². The zero-order valence-electron chi connectivity index (χ0n) is 15.1. The van der Waals surface area contributed by atoms with Gasteiger partial charge in [-0.15, -0.1) is 0 Å². The highest BCUT2D eigenvalue weighted by Gasteiger charge is 2.35. The largest absolute Gasteiger partial charge is 0.468 e. The summed E-state index contributed by atoms with van der Waals surface area (Å²) in [7, 11) is 0. The van der Waals surface area contributed by atoms with Crippen molar-refractivity contribution < 1.29 is 14.3 Å². The van der Waals surface area contributed by atoms with E-state index in [1.807, 2.05) is 18.2 Å². The maximum atomic E-state index is 12.5. The Balaban J connectivity index is 1.29. The lowest BCUT2D eigenvalue weighted by molar-refractivity contribution is -0.137. The molecule has 2 amide bonds. The third-order valence-corrected chi connectivity index (χ3v) is 5.05. The lowest BCUT2D eigenvalue weighted by Crippen LogP contribution is -2.53. The fourth-order valence-electron chi connectivity index (χ4n) is 3.58. The molecule has 0 radical (unpaired) electrons. The molecule has 27 heavy (non-hydrogen) atoms. The number of benzene rings is 2. The molecule has 1 fully saturated rings. The monoisotopic (exact) mass is 365 g/mol. The average Bonchev–Trinajstić information content (AvgIpc) is 2.69. The molecule has 2 aromatic rings. The third kappa shape index (κ3) is 4.11. The fourth-order valence-corrected chi connectivity index (χ4v) is 3.58. The summed E-state index contributed by atoms with van der Waals surface area (Å²) in [6.07, 6.45) is 0.592. The molecule has 0 aromatic heterocycles. The van der Waals surface area contributed by atoms with Crippen LogP contribution in [-0.4, -0.2) is 41.9 Å². The highest BCUT2D eigenvalue weighted by atomic mass is 16.5. The molecule has 2 heterocycles. The van der Waals surface area contributed by atoms with Crippen LogP contribution in [0.25, 0.3) is 0 Å². The van der Waals surface area contributed by atoms with Gasteiger partial charge in [0.15, 0.2) is 0 Å². The smallest absolute Gasteiger partial charge is 0.275 e. The number of nitrogens with zero attached hydrogens (tertiary/aromatic N) is 1. The van der Waals surface area contributed by atoms with Gasteiger partial charge in [-0.25, -0.2) is 0 Å². The van der Waals surface area contributed by atoms with Gasteiger partial charge in [0.1, 0.15) is 5.75 Å². The maximum Gasteiger partial charge on any atom is 0.275 e. The summed E-state index contributed by atoms with van der Waals surface area (Å²) in [6, 6.07) is 17.6. The standard InChI is InChI=1S/C21H23N3O3/c25-20(19-21(26)23-17-8-4-5-9-18(17)27-19)22-16-10-12-24(13-11-16)14-15-6-2-1-3-7-15/h1-9,16,19H,10-14H2,(H,22,25)(H,23,26). The Kier molecular flexibility index (Phi) is 5.07. The van der Waals surface area contributed by atoms with Crippen LogP contribution in [0, 0.1) is 0 Å². The summed E-state index contributed by atoms with van der Waals surface area (Å²) >= 11 is 0. The Bertz CT molecular complexity index is 816. The molecule has 4 rings (SSSR count). The van der Waals surface area contributed by atoms with E-state index in [1.165, 1.54) is 5.56 Å². The van der Waals surface area contributed by atoms with Crippen molar-refractivity contribution >= 4 is 17.5 Å². The van der Waals surface area contributed by atoms with Crippen molar-refractivity contribution in [1.29, 1.82) is 0 Å². The van der Waals surface area contributed by atoms with E-state index in [0.717, 1.165) is 32.5 Å². The molecular formula is C21H23N3O3. The molecule has 2 N–H and O–H groups in total.